The molecule has 7 nitrogen and oxygen atoms in total. The van der Waals surface area contributed by atoms with Crippen LogP contribution in [0.3, 0.4) is 0 Å². The Balaban J connectivity index is 1.58. The van der Waals surface area contributed by atoms with Crippen molar-refractivity contribution in [1.82, 2.24) is 24.9 Å². The summed E-state index contributed by atoms with van der Waals surface area (Å²) in [5, 5.41) is 7.50. The number of nitrogens with zero attached hydrogens (tertiary/aromatic N) is 4. The van der Waals surface area contributed by atoms with Crippen molar-refractivity contribution in [2.24, 2.45) is 0 Å². The van der Waals surface area contributed by atoms with Crippen LogP contribution >= 0.6 is 0 Å². The highest BCUT2D eigenvalue weighted by atomic mass is 16.2. The molecule has 0 aliphatic carbocycles. The number of carbonyl (C=O) groups is 2. The van der Waals surface area contributed by atoms with E-state index in [2.05, 4.69) is 41.3 Å². The van der Waals surface area contributed by atoms with Crippen LogP contribution in [0.25, 0.3) is 0 Å². The Morgan fingerprint density at radius 1 is 1.10 bits per heavy atom. The smallest absolute Gasteiger partial charge is 0.257 e. The molecule has 1 aliphatic rings. The molecule has 1 aromatic carbocycles. The molecule has 7 heteroatoms. The van der Waals surface area contributed by atoms with E-state index in [4.69, 9.17) is 0 Å². The second kappa shape index (κ2) is 10.4. The lowest BCUT2D eigenvalue weighted by Crippen LogP contribution is -2.51. The zero-order valence-corrected chi connectivity index (χ0v) is 18.3. The van der Waals surface area contributed by atoms with Gasteiger partial charge >= 0.3 is 0 Å². The predicted molar refractivity (Wildman–Crippen MR) is 117 cm³/mol. The van der Waals surface area contributed by atoms with Gasteiger partial charge in [0.05, 0.1) is 30.5 Å². The number of aromatic nitrogens is 2. The van der Waals surface area contributed by atoms with Crippen LogP contribution in [0.1, 0.15) is 48.8 Å². The minimum absolute atomic E-state index is 0.0369. The van der Waals surface area contributed by atoms with Gasteiger partial charge in [-0.15, -0.1) is 0 Å². The monoisotopic (exact) mass is 411 g/mol. The first kappa shape index (κ1) is 22.0. The number of piperazine rings is 1. The van der Waals surface area contributed by atoms with Crippen molar-refractivity contribution in [2.45, 2.75) is 46.2 Å². The van der Waals surface area contributed by atoms with E-state index in [1.165, 1.54) is 5.56 Å². The standard InChI is InChI=1S/C23H33N5O2/c1-4-18(3)25-22(29)17-26-11-13-27(14-12-26)23(30)20-15-24-28(21(20)5-2)16-19-9-7-6-8-10-19/h6-10,15,18H,4-5,11-14,16-17H2,1-3H3,(H,25,29). The van der Waals surface area contributed by atoms with E-state index >= 15 is 0 Å². The molecule has 1 aromatic heterocycles. The quantitative estimate of drug-likeness (QED) is 0.723. The van der Waals surface area contributed by atoms with Crippen molar-refractivity contribution in [1.29, 1.82) is 0 Å². The lowest BCUT2D eigenvalue weighted by atomic mass is 10.1. The summed E-state index contributed by atoms with van der Waals surface area (Å²) in [6, 6.07) is 10.4. The first-order chi connectivity index (χ1) is 14.5. The largest absolute Gasteiger partial charge is 0.353 e. The van der Waals surface area contributed by atoms with Crippen molar-refractivity contribution in [3.05, 3.63) is 53.3 Å². The molecule has 1 N–H and O–H groups in total. The van der Waals surface area contributed by atoms with Gasteiger partial charge in [-0.05, 0) is 25.3 Å². The Morgan fingerprint density at radius 3 is 2.43 bits per heavy atom. The minimum Gasteiger partial charge on any atom is -0.353 e. The Kier molecular flexibility index (Phi) is 7.63. The van der Waals surface area contributed by atoms with Crippen molar-refractivity contribution in [3.63, 3.8) is 0 Å². The Morgan fingerprint density at radius 2 is 1.80 bits per heavy atom. The second-order valence-corrected chi connectivity index (χ2v) is 7.95. The van der Waals surface area contributed by atoms with Crippen LogP contribution in [-0.4, -0.2) is 70.2 Å². The zero-order chi connectivity index (χ0) is 21.5. The maximum atomic E-state index is 13.1. The fraction of sp³-hybridized carbons (Fsp3) is 0.522. The van der Waals surface area contributed by atoms with Crippen molar-refractivity contribution >= 4 is 11.8 Å². The molecule has 3 rings (SSSR count). The lowest BCUT2D eigenvalue weighted by Gasteiger charge is -2.34. The Labute approximate surface area is 179 Å². The number of rotatable bonds is 8. The molecule has 0 spiro atoms. The number of benzene rings is 1. The van der Waals surface area contributed by atoms with Gasteiger partial charge in [-0.1, -0.05) is 44.2 Å². The van der Waals surface area contributed by atoms with Crippen LogP contribution in [0.4, 0.5) is 0 Å². The van der Waals surface area contributed by atoms with Crippen LogP contribution in [0.5, 0.6) is 0 Å². The van der Waals surface area contributed by atoms with Gasteiger partial charge in [-0.25, -0.2) is 0 Å². The average molecular weight is 412 g/mol. The Hall–Kier alpha value is -2.67. The molecule has 0 saturated carbocycles. The van der Waals surface area contributed by atoms with Crippen molar-refractivity contribution in [3.8, 4) is 0 Å². The number of hydrogen-bond acceptors (Lipinski definition) is 4. The second-order valence-electron chi connectivity index (χ2n) is 7.95. The molecule has 1 fully saturated rings. The summed E-state index contributed by atoms with van der Waals surface area (Å²) in [4.78, 5) is 29.2. The van der Waals surface area contributed by atoms with E-state index in [1.807, 2.05) is 34.7 Å². The van der Waals surface area contributed by atoms with Gasteiger partial charge in [0.15, 0.2) is 0 Å². The molecule has 2 heterocycles. The third-order valence-electron chi connectivity index (χ3n) is 5.74. The van der Waals surface area contributed by atoms with Gasteiger partial charge in [-0.2, -0.15) is 5.10 Å². The van der Waals surface area contributed by atoms with E-state index in [0.717, 1.165) is 18.5 Å². The number of amides is 2. The van der Waals surface area contributed by atoms with Gasteiger partial charge in [-0.3, -0.25) is 19.2 Å². The number of nitrogens with one attached hydrogen (secondary N) is 1. The van der Waals surface area contributed by atoms with Crippen molar-refractivity contribution in [2.75, 3.05) is 32.7 Å². The van der Waals surface area contributed by atoms with Crippen molar-refractivity contribution < 1.29 is 9.59 Å². The molecule has 30 heavy (non-hydrogen) atoms. The molecule has 0 radical (unpaired) electrons. The zero-order valence-electron chi connectivity index (χ0n) is 18.3. The normalized spacial score (nSPS) is 15.8. The van der Waals surface area contributed by atoms with Gasteiger partial charge in [0.1, 0.15) is 0 Å². The summed E-state index contributed by atoms with van der Waals surface area (Å²) in [5.41, 5.74) is 2.83. The van der Waals surface area contributed by atoms with E-state index in [1.54, 1.807) is 6.20 Å². The number of hydrogen-bond donors (Lipinski definition) is 1. The van der Waals surface area contributed by atoms with E-state index in [9.17, 15) is 9.59 Å². The maximum absolute atomic E-state index is 13.1. The highest BCUT2D eigenvalue weighted by molar-refractivity contribution is 5.95. The van der Waals surface area contributed by atoms with Crippen LogP contribution in [0.2, 0.25) is 0 Å². The summed E-state index contributed by atoms with van der Waals surface area (Å²) in [6.45, 7) is 9.85. The molecule has 1 unspecified atom stereocenters. The van der Waals surface area contributed by atoms with Crippen LogP contribution in [0.15, 0.2) is 36.5 Å². The van der Waals surface area contributed by atoms with E-state index < -0.39 is 0 Å². The van der Waals surface area contributed by atoms with E-state index in [0.29, 0.717) is 44.8 Å². The molecule has 0 bridgehead atoms. The highest BCUT2D eigenvalue weighted by Crippen LogP contribution is 2.16. The molecular weight excluding hydrogens is 378 g/mol. The lowest BCUT2D eigenvalue weighted by molar-refractivity contribution is -0.123. The minimum atomic E-state index is 0.0369. The molecule has 162 valence electrons. The number of carbonyl (C=O) groups excluding carboxylic acids is 2. The van der Waals surface area contributed by atoms with Gasteiger partial charge in [0.2, 0.25) is 5.91 Å². The predicted octanol–water partition coefficient (Wildman–Crippen LogP) is 2.17. The summed E-state index contributed by atoms with van der Waals surface area (Å²) >= 11 is 0. The summed E-state index contributed by atoms with van der Waals surface area (Å²) in [7, 11) is 0. The molecule has 1 aliphatic heterocycles. The fourth-order valence-corrected chi connectivity index (χ4v) is 3.76. The fourth-order valence-electron chi connectivity index (χ4n) is 3.76. The van der Waals surface area contributed by atoms with Gasteiger partial charge in [0, 0.05) is 32.2 Å². The first-order valence-corrected chi connectivity index (χ1v) is 10.9. The average Bonchev–Trinajstić information content (AvgIpc) is 3.16. The highest BCUT2D eigenvalue weighted by Gasteiger charge is 2.26. The van der Waals surface area contributed by atoms with E-state index in [-0.39, 0.29) is 17.9 Å². The summed E-state index contributed by atoms with van der Waals surface area (Å²) < 4.78 is 1.93. The molecule has 2 amide bonds. The topological polar surface area (TPSA) is 70.5 Å². The van der Waals surface area contributed by atoms with Crippen LogP contribution in [0, 0.1) is 0 Å². The van der Waals surface area contributed by atoms with Crippen LogP contribution in [-0.2, 0) is 17.8 Å². The SMILES string of the molecule is CCc1c(C(=O)N2CCN(CC(=O)NC(C)CC)CC2)cnn1Cc1ccccc1. The van der Waals surface area contributed by atoms with Crippen LogP contribution < -0.4 is 5.32 Å². The molecule has 1 saturated heterocycles. The molecule has 1 atom stereocenters. The molecule has 2 aromatic rings. The van der Waals surface area contributed by atoms with Gasteiger partial charge in [0.25, 0.3) is 5.91 Å². The third kappa shape index (κ3) is 5.48. The Bertz CT molecular complexity index is 841. The maximum Gasteiger partial charge on any atom is 0.257 e. The molecular formula is C23H33N5O2. The van der Waals surface area contributed by atoms with Gasteiger partial charge < -0.3 is 10.2 Å². The third-order valence-corrected chi connectivity index (χ3v) is 5.74. The summed E-state index contributed by atoms with van der Waals surface area (Å²) in [6.07, 6.45) is 3.38. The first-order valence-electron chi connectivity index (χ1n) is 10.9. The summed E-state index contributed by atoms with van der Waals surface area (Å²) in [5.74, 6) is 0.0921.